The van der Waals surface area contributed by atoms with Crippen LogP contribution in [0.15, 0.2) is 11.1 Å². The summed E-state index contributed by atoms with van der Waals surface area (Å²) in [5.41, 5.74) is 0.342. The molecule has 0 fully saturated rings. The minimum atomic E-state index is -4.40. The van der Waals surface area contributed by atoms with Gasteiger partial charge in [-0.05, 0) is 0 Å². The van der Waals surface area contributed by atoms with E-state index < -0.39 is 18.3 Å². The third-order valence-corrected chi connectivity index (χ3v) is 2.41. The van der Waals surface area contributed by atoms with Crippen molar-refractivity contribution in [3.05, 3.63) is 27.9 Å². The maximum Gasteiger partial charge on any atom is 0.406 e. The Hall–Kier alpha value is -1.37. The molecule has 0 saturated carbocycles. The summed E-state index contributed by atoms with van der Waals surface area (Å²) >= 11 is 0. The molecule has 1 aliphatic rings. The van der Waals surface area contributed by atoms with Crippen LogP contribution in [0.2, 0.25) is 0 Å². The molecule has 0 unspecified atom stereocenters. The second kappa shape index (κ2) is 3.89. The number of rotatable bonds is 1. The normalized spacial score (nSPS) is 15.9. The molecule has 2 rings (SSSR count). The third kappa shape index (κ3) is 2.24. The zero-order valence-corrected chi connectivity index (χ0v) is 8.34. The van der Waals surface area contributed by atoms with Crippen molar-refractivity contribution in [3.63, 3.8) is 0 Å². The smallest absolute Gasteiger partial charge is 0.312 e. The minimum absolute atomic E-state index is 0.292. The van der Waals surface area contributed by atoms with Crippen molar-refractivity contribution in [1.82, 2.24) is 14.9 Å². The number of alkyl halides is 3. The number of nitrogens with one attached hydrogen (secondary N) is 1. The summed E-state index contributed by atoms with van der Waals surface area (Å²) in [6, 6.07) is 0. The average molecular weight is 233 g/mol. The van der Waals surface area contributed by atoms with E-state index in [1.54, 1.807) is 0 Å². The molecule has 4 nitrogen and oxygen atoms in total. The highest BCUT2D eigenvalue weighted by Gasteiger charge is 2.29. The standard InChI is InChI=1S/C9H10F3N3O/c10-9(11,12)4-15-5-14-7-1-2-13-3-6(7)8(15)16/h5,13H,1-4H2. The Morgan fingerprint density at radius 3 is 2.94 bits per heavy atom. The zero-order valence-electron chi connectivity index (χ0n) is 8.34. The van der Waals surface area contributed by atoms with Gasteiger partial charge >= 0.3 is 6.18 Å². The molecule has 0 radical (unpaired) electrons. The highest BCUT2D eigenvalue weighted by atomic mass is 19.4. The van der Waals surface area contributed by atoms with Crippen LogP contribution in [-0.4, -0.2) is 22.3 Å². The van der Waals surface area contributed by atoms with Crippen LogP contribution >= 0.6 is 0 Å². The van der Waals surface area contributed by atoms with E-state index in [-0.39, 0.29) is 0 Å². The molecule has 0 atom stereocenters. The van der Waals surface area contributed by atoms with Crippen LogP contribution in [0.4, 0.5) is 13.2 Å². The maximum atomic E-state index is 12.2. The number of hydrogen-bond donors (Lipinski definition) is 1. The Kier molecular flexibility index (Phi) is 2.71. The molecule has 16 heavy (non-hydrogen) atoms. The van der Waals surface area contributed by atoms with E-state index in [0.717, 1.165) is 6.33 Å². The first-order valence-electron chi connectivity index (χ1n) is 4.82. The summed E-state index contributed by atoms with van der Waals surface area (Å²) in [6.07, 6.45) is -2.85. The Morgan fingerprint density at radius 2 is 2.25 bits per heavy atom. The molecular formula is C9H10F3N3O. The summed E-state index contributed by atoms with van der Waals surface area (Å²) in [4.78, 5) is 15.6. The lowest BCUT2D eigenvalue weighted by molar-refractivity contribution is -0.141. The molecule has 1 aromatic rings. The second-order valence-electron chi connectivity index (χ2n) is 3.64. The van der Waals surface area contributed by atoms with Gasteiger partial charge in [0, 0.05) is 19.5 Å². The van der Waals surface area contributed by atoms with Crippen molar-refractivity contribution in [2.24, 2.45) is 0 Å². The monoisotopic (exact) mass is 233 g/mol. The summed E-state index contributed by atoms with van der Waals surface area (Å²) < 4.78 is 37.1. The highest BCUT2D eigenvalue weighted by Crippen LogP contribution is 2.16. The molecule has 1 aliphatic heterocycles. The first-order chi connectivity index (χ1) is 7.47. The van der Waals surface area contributed by atoms with Gasteiger partial charge in [-0.1, -0.05) is 0 Å². The molecular weight excluding hydrogens is 223 g/mol. The van der Waals surface area contributed by atoms with Gasteiger partial charge in [-0.15, -0.1) is 0 Å². The predicted octanol–water partition coefficient (Wildman–Crippen LogP) is 0.451. The number of aromatic nitrogens is 2. The Balaban J connectivity index is 2.39. The van der Waals surface area contributed by atoms with E-state index >= 15 is 0 Å². The van der Waals surface area contributed by atoms with E-state index in [2.05, 4.69) is 10.3 Å². The Labute approximate surface area is 89.1 Å². The maximum absolute atomic E-state index is 12.2. The predicted molar refractivity (Wildman–Crippen MR) is 50.0 cm³/mol. The van der Waals surface area contributed by atoms with Gasteiger partial charge in [-0.2, -0.15) is 13.2 Å². The molecule has 1 aromatic heterocycles. The van der Waals surface area contributed by atoms with E-state index in [1.807, 2.05) is 0 Å². The van der Waals surface area contributed by atoms with Crippen LogP contribution in [0.1, 0.15) is 11.3 Å². The van der Waals surface area contributed by atoms with Crippen molar-refractivity contribution in [2.45, 2.75) is 25.7 Å². The average Bonchev–Trinajstić information content (AvgIpc) is 2.21. The van der Waals surface area contributed by atoms with Gasteiger partial charge in [0.1, 0.15) is 6.54 Å². The van der Waals surface area contributed by atoms with E-state index in [9.17, 15) is 18.0 Å². The molecule has 7 heteroatoms. The number of hydrogen-bond acceptors (Lipinski definition) is 3. The lowest BCUT2D eigenvalue weighted by atomic mass is 10.1. The van der Waals surface area contributed by atoms with Gasteiger partial charge in [-0.25, -0.2) is 4.98 Å². The fraction of sp³-hybridized carbons (Fsp3) is 0.556. The Bertz CT molecular complexity index is 452. The molecule has 88 valence electrons. The quantitative estimate of drug-likeness (QED) is 0.766. The topological polar surface area (TPSA) is 46.9 Å². The second-order valence-corrected chi connectivity index (χ2v) is 3.64. The van der Waals surface area contributed by atoms with Crippen LogP contribution in [0, 0.1) is 0 Å². The summed E-state index contributed by atoms with van der Waals surface area (Å²) in [5.74, 6) is 0. The zero-order chi connectivity index (χ0) is 11.8. The molecule has 0 bridgehead atoms. The Morgan fingerprint density at radius 1 is 1.50 bits per heavy atom. The summed E-state index contributed by atoms with van der Waals surface area (Å²) in [5, 5.41) is 2.94. The minimum Gasteiger partial charge on any atom is -0.312 e. The van der Waals surface area contributed by atoms with Gasteiger partial charge in [0.2, 0.25) is 0 Å². The van der Waals surface area contributed by atoms with Crippen LogP contribution < -0.4 is 10.9 Å². The van der Waals surface area contributed by atoms with E-state index in [1.165, 1.54) is 0 Å². The van der Waals surface area contributed by atoms with Gasteiger partial charge in [0.15, 0.2) is 0 Å². The molecule has 2 heterocycles. The number of fused-ring (bicyclic) bond motifs is 1. The number of halogens is 3. The van der Waals surface area contributed by atoms with E-state index in [4.69, 9.17) is 0 Å². The molecule has 1 N–H and O–H groups in total. The lowest BCUT2D eigenvalue weighted by Crippen LogP contribution is -2.36. The van der Waals surface area contributed by atoms with Gasteiger partial charge in [-0.3, -0.25) is 9.36 Å². The first kappa shape index (κ1) is 11.1. The highest BCUT2D eigenvalue weighted by molar-refractivity contribution is 5.19. The molecule has 0 spiro atoms. The largest absolute Gasteiger partial charge is 0.406 e. The lowest BCUT2D eigenvalue weighted by Gasteiger charge is -2.17. The van der Waals surface area contributed by atoms with Crippen molar-refractivity contribution >= 4 is 0 Å². The van der Waals surface area contributed by atoms with Crippen LogP contribution in [-0.2, 0) is 19.5 Å². The van der Waals surface area contributed by atoms with Gasteiger partial charge in [0.25, 0.3) is 5.56 Å². The van der Waals surface area contributed by atoms with E-state index in [0.29, 0.717) is 35.3 Å². The van der Waals surface area contributed by atoms with Gasteiger partial charge < -0.3 is 5.32 Å². The van der Waals surface area contributed by atoms with Crippen molar-refractivity contribution in [3.8, 4) is 0 Å². The third-order valence-electron chi connectivity index (χ3n) is 2.41. The van der Waals surface area contributed by atoms with Crippen LogP contribution in [0.5, 0.6) is 0 Å². The molecule has 0 saturated heterocycles. The fourth-order valence-electron chi connectivity index (χ4n) is 1.69. The summed E-state index contributed by atoms with van der Waals surface area (Å²) in [6.45, 7) is -0.297. The van der Waals surface area contributed by atoms with Gasteiger partial charge in [0.05, 0.1) is 17.6 Å². The SMILES string of the molecule is O=c1c2c(ncn1CC(F)(F)F)CCNC2. The summed E-state index contributed by atoms with van der Waals surface area (Å²) in [7, 11) is 0. The number of nitrogens with zero attached hydrogens (tertiary/aromatic N) is 2. The van der Waals surface area contributed by atoms with Crippen molar-refractivity contribution in [1.29, 1.82) is 0 Å². The molecule has 0 amide bonds. The fourth-order valence-corrected chi connectivity index (χ4v) is 1.69. The molecule has 0 aliphatic carbocycles. The molecule has 0 aromatic carbocycles. The van der Waals surface area contributed by atoms with Crippen LogP contribution in [0.3, 0.4) is 0 Å². The van der Waals surface area contributed by atoms with Crippen molar-refractivity contribution in [2.75, 3.05) is 6.54 Å². The van der Waals surface area contributed by atoms with Crippen LogP contribution in [0.25, 0.3) is 0 Å². The van der Waals surface area contributed by atoms with Crippen molar-refractivity contribution < 1.29 is 13.2 Å². The first-order valence-corrected chi connectivity index (χ1v) is 4.82.